The number of hydrogen-bond acceptors (Lipinski definition) is 4. The van der Waals surface area contributed by atoms with Crippen LogP contribution in [0.15, 0.2) is 12.3 Å². The first-order chi connectivity index (χ1) is 8.66. The van der Waals surface area contributed by atoms with E-state index in [1.165, 1.54) is 12.3 Å². The maximum atomic E-state index is 11.1. The fraction of sp³-hybridized carbons (Fsp3) is 0.417. The van der Waals surface area contributed by atoms with E-state index in [-0.39, 0.29) is 17.6 Å². The number of carboxylic acid groups (broad SMARTS) is 1. The van der Waals surface area contributed by atoms with Gasteiger partial charge in [-0.25, -0.2) is 14.8 Å². The summed E-state index contributed by atoms with van der Waals surface area (Å²) >= 11 is 0. The van der Waals surface area contributed by atoms with Crippen molar-refractivity contribution in [1.82, 2.24) is 15.0 Å². The van der Waals surface area contributed by atoms with Gasteiger partial charge in [-0.2, -0.15) is 0 Å². The van der Waals surface area contributed by atoms with Crippen LogP contribution in [0, 0.1) is 0 Å². The molecule has 1 aliphatic heterocycles. The Morgan fingerprint density at radius 1 is 1.61 bits per heavy atom. The molecule has 0 aromatic carbocycles. The molecule has 2 N–H and O–H groups in total. The molecule has 6 heteroatoms. The molecule has 1 fully saturated rings. The molecule has 0 saturated carbocycles. The average molecular weight is 247 g/mol. The van der Waals surface area contributed by atoms with Crippen LogP contribution >= 0.6 is 0 Å². The van der Waals surface area contributed by atoms with E-state index in [1.807, 2.05) is 6.92 Å². The number of imidazole rings is 1. The number of aromatic amines is 1. The first kappa shape index (κ1) is 11.2. The van der Waals surface area contributed by atoms with E-state index < -0.39 is 5.97 Å². The third-order valence-corrected chi connectivity index (χ3v) is 3.37. The van der Waals surface area contributed by atoms with Crippen molar-refractivity contribution in [1.29, 1.82) is 0 Å². The minimum absolute atomic E-state index is 0.0961. The summed E-state index contributed by atoms with van der Waals surface area (Å²) in [5.74, 6) is -0.0367. The Kier molecular flexibility index (Phi) is 2.52. The molecule has 1 saturated heterocycles. The van der Waals surface area contributed by atoms with Gasteiger partial charge < -0.3 is 14.8 Å². The lowest BCUT2D eigenvalue weighted by atomic mass is 10.0. The highest BCUT2D eigenvalue weighted by atomic mass is 16.5. The second-order valence-corrected chi connectivity index (χ2v) is 4.46. The number of ether oxygens (including phenoxy) is 1. The zero-order chi connectivity index (χ0) is 12.7. The van der Waals surface area contributed by atoms with Gasteiger partial charge >= 0.3 is 5.97 Å². The van der Waals surface area contributed by atoms with Gasteiger partial charge in [0.2, 0.25) is 0 Å². The predicted octanol–water partition coefficient (Wildman–Crippen LogP) is 1.55. The van der Waals surface area contributed by atoms with Crippen LogP contribution in [0.1, 0.15) is 35.4 Å². The van der Waals surface area contributed by atoms with Gasteiger partial charge in [-0.1, -0.05) is 0 Å². The molecule has 2 aromatic heterocycles. The molecule has 1 aliphatic rings. The lowest BCUT2D eigenvalue weighted by Gasteiger charge is -2.09. The fourth-order valence-corrected chi connectivity index (χ4v) is 2.37. The van der Waals surface area contributed by atoms with Crippen molar-refractivity contribution in [3.63, 3.8) is 0 Å². The van der Waals surface area contributed by atoms with Crippen LogP contribution in [0.2, 0.25) is 0 Å². The molecule has 0 radical (unpaired) electrons. The Balaban J connectivity index is 2.11. The molecule has 0 spiro atoms. The first-order valence-electron chi connectivity index (χ1n) is 5.86. The van der Waals surface area contributed by atoms with Crippen LogP contribution in [0.25, 0.3) is 11.2 Å². The third-order valence-electron chi connectivity index (χ3n) is 3.37. The van der Waals surface area contributed by atoms with Gasteiger partial charge in [-0.15, -0.1) is 0 Å². The zero-order valence-corrected chi connectivity index (χ0v) is 9.88. The molecule has 0 amide bonds. The number of pyridine rings is 1. The number of rotatable bonds is 2. The van der Waals surface area contributed by atoms with Gasteiger partial charge in [0.05, 0.1) is 17.2 Å². The minimum Gasteiger partial charge on any atom is -0.478 e. The summed E-state index contributed by atoms with van der Waals surface area (Å²) in [6, 6.07) is 1.47. The fourth-order valence-electron chi connectivity index (χ4n) is 2.37. The summed E-state index contributed by atoms with van der Waals surface area (Å²) in [7, 11) is 0. The Morgan fingerprint density at radius 3 is 3.11 bits per heavy atom. The minimum atomic E-state index is -0.978. The number of carboxylic acids is 1. The van der Waals surface area contributed by atoms with E-state index in [0.717, 1.165) is 12.2 Å². The standard InChI is InChI=1S/C12H13N3O3/c1-6-7(3-5-18-6)10-14-9-8(12(16)17)2-4-13-11(9)15-10/h2,4,6-7H,3,5H2,1H3,(H,16,17)(H,13,14,15). The van der Waals surface area contributed by atoms with Crippen molar-refractivity contribution >= 4 is 17.1 Å². The summed E-state index contributed by atoms with van der Waals surface area (Å²) in [4.78, 5) is 22.7. The molecule has 0 aliphatic carbocycles. The van der Waals surface area contributed by atoms with Gasteiger partial charge in [-0.3, -0.25) is 0 Å². The highest BCUT2D eigenvalue weighted by molar-refractivity contribution is 5.99. The normalized spacial score (nSPS) is 23.6. The summed E-state index contributed by atoms with van der Waals surface area (Å²) in [5, 5.41) is 9.11. The first-order valence-corrected chi connectivity index (χ1v) is 5.86. The van der Waals surface area contributed by atoms with E-state index in [1.54, 1.807) is 0 Å². The molecule has 0 bridgehead atoms. The van der Waals surface area contributed by atoms with Crippen molar-refractivity contribution in [3.05, 3.63) is 23.7 Å². The Morgan fingerprint density at radius 2 is 2.44 bits per heavy atom. The highest BCUT2D eigenvalue weighted by Gasteiger charge is 2.29. The van der Waals surface area contributed by atoms with Crippen molar-refractivity contribution < 1.29 is 14.6 Å². The van der Waals surface area contributed by atoms with Gasteiger partial charge in [0.15, 0.2) is 5.65 Å². The highest BCUT2D eigenvalue weighted by Crippen LogP contribution is 2.30. The Hall–Kier alpha value is -1.95. The van der Waals surface area contributed by atoms with Crippen molar-refractivity contribution in [2.45, 2.75) is 25.4 Å². The van der Waals surface area contributed by atoms with Crippen LogP contribution in [0.4, 0.5) is 0 Å². The number of carbonyl (C=O) groups is 1. The zero-order valence-electron chi connectivity index (χ0n) is 9.88. The summed E-state index contributed by atoms with van der Waals surface area (Å²) in [5.41, 5.74) is 1.13. The molecule has 2 atom stereocenters. The number of hydrogen-bond donors (Lipinski definition) is 2. The number of aromatic nitrogens is 3. The van der Waals surface area contributed by atoms with Crippen LogP contribution in [0.5, 0.6) is 0 Å². The number of fused-ring (bicyclic) bond motifs is 1. The molecule has 2 aromatic rings. The molecular weight excluding hydrogens is 234 g/mol. The molecule has 2 unspecified atom stereocenters. The molecule has 6 nitrogen and oxygen atoms in total. The van der Waals surface area contributed by atoms with E-state index in [4.69, 9.17) is 9.84 Å². The van der Waals surface area contributed by atoms with Crippen LogP contribution in [0.3, 0.4) is 0 Å². The topological polar surface area (TPSA) is 88.1 Å². The summed E-state index contributed by atoms with van der Waals surface area (Å²) < 4.78 is 5.50. The van der Waals surface area contributed by atoms with E-state index in [9.17, 15) is 4.79 Å². The Bertz CT molecular complexity index is 608. The van der Waals surface area contributed by atoms with Crippen molar-refractivity contribution in [3.8, 4) is 0 Å². The van der Waals surface area contributed by atoms with Crippen molar-refractivity contribution in [2.75, 3.05) is 6.61 Å². The molecule has 3 heterocycles. The molecular formula is C12H13N3O3. The maximum absolute atomic E-state index is 11.1. The predicted molar refractivity (Wildman–Crippen MR) is 63.6 cm³/mol. The third kappa shape index (κ3) is 1.65. The molecule has 18 heavy (non-hydrogen) atoms. The second kappa shape index (κ2) is 4.06. The number of H-pyrrole nitrogens is 1. The lowest BCUT2D eigenvalue weighted by molar-refractivity contribution is 0.0698. The van der Waals surface area contributed by atoms with E-state index >= 15 is 0 Å². The molecule has 3 rings (SSSR count). The number of nitrogens with one attached hydrogen (secondary N) is 1. The van der Waals surface area contributed by atoms with Crippen LogP contribution in [-0.4, -0.2) is 38.7 Å². The SMILES string of the molecule is CC1OCCC1c1nc2nccc(C(=O)O)c2[nH]1. The van der Waals surface area contributed by atoms with Gasteiger partial charge in [-0.05, 0) is 19.4 Å². The van der Waals surface area contributed by atoms with Gasteiger partial charge in [0.25, 0.3) is 0 Å². The van der Waals surface area contributed by atoms with E-state index in [2.05, 4.69) is 15.0 Å². The van der Waals surface area contributed by atoms with Crippen LogP contribution in [-0.2, 0) is 4.74 Å². The quantitative estimate of drug-likeness (QED) is 0.840. The number of aromatic carboxylic acids is 1. The van der Waals surface area contributed by atoms with Gasteiger partial charge in [0, 0.05) is 18.7 Å². The summed E-state index contributed by atoms with van der Waals surface area (Å²) in [6.07, 6.45) is 2.45. The maximum Gasteiger partial charge on any atom is 0.338 e. The number of nitrogens with zero attached hydrogens (tertiary/aromatic N) is 2. The van der Waals surface area contributed by atoms with Gasteiger partial charge in [0.1, 0.15) is 5.82 Å². The lowest BCUT2D eigenvalue weighted by Crippen LogP contribution is -2.10. The van der Waals surface area contributed by atoms with Crippen LogP contribution < -0.4 is 0 Å². The van der Waals surface area contributed by atoms with E-state index in [0.29, 0.717) is 17.8 Å². The largest absolute Gasteiger partial charge is 0.478 e. The van der Waals surface area contributed by atoms with Crippen molar-refractivity contribution in [2.24, 2.45) is 0 Å². The summed E-state index contributed by atoms with van der Waals surface area (Å²) in [6.45, 7) is 2.71. The average Bonchev–Trinajstić information content (AvgIpc) is 2.92. The molecule has 94 valence electrons. The smallest absolute Gasteiger partial charge is 0.338 e. The second-order valence-electron chi connectivity index (χ2n) is 4.46. The monoisotopic (exact) mass is 247 g/mol. The Labute approximate surface area is 103 Å².